The Morgan fingerprint density at radius 1 is 1.47 bits per heavy atom. The Bertz CT molecular complexity index is 499. The molecule has 2 aromatic heterocycles. The van der Waals surface area contributed by atoms with E-state index in [1.807, 2.05) is 6.07 Å². The molecule has 0 spiro atoms. The van der Waals surface area contributed by atoms with Gasteiger partial charge in [-0.1, -0.05) is 17.4 Å². The fourth-order valence-electron chi connectivity index (χ4n) is 1.34. The summed E-state index contributed by atoms with van der Waals surface area (Å²) in [6.45, 7) is 0.631. The highest BCUT2D eigenvalue weighted by atomic mass is 32.1. The number of pyridine rings is 1. The molecule has 0 aliphatic carbocycles. The van der Waals surface area contributed by atoms with Gasteiger partial charge in [0.1, 0.15) is 10.8 Å². The van der Waals surface area contributed by atoms with Gasteiger partial charge in [0.25, 0.3) is 0 Å². The summed E-state index contributed by atoms with van der Waals surface area (Å²) in [5.74, 6) is 1.31. The maximum absolute atomic E-state index is 5.59. The second-order valence-electron chi connectivity index (χ2n) is 3.29. The predicted molar refractivity (Wildman–Crippen MR) is 66.6 cm³/mol. The van der Waals surface area contributed by atoms with E-state index in [2.05, 4.69) is 25.0 Å². The van der Waals surface area contributed by atoms with Gasteiger partial charge in [0.15, 0.2) is 5.82 Å². The van der Waals surface area contributed by atoms with Gasteiger partial charge >= 0.3 is 0 Å². The van der Waals surface area contributed by atoms with Gasteiger partial charge in [0, 0.05) is 19.2 Å². The molecule has 0 amide bonds. The number of nitrogens with zero attached hydrogens (tertiary/aromatic N) is 3. The van der Waals surface area contributed by atoms with Gasteiger partial charge in [0.05, 0.1) is 5.56 Å². The molecular formula is C10H11N5OS. The lowest BCUT2D eigenvalue weighted by Crippen LogP contribution is -2.15. The highest BCUT2D eigenvalue weighted by molar-refractivity contribution is 7.80. The van der Waals surface area contributed by atoms with Crippen molar-refractivity contribution in [2.24, 2.45) is 5.73 Å². The van der Waals surface area contributed by atoms with Crippen LogP contribution in [-0.4, -0.2) is 26.7 Å². The molecule has 0 unspecified atom stereocenters. The Hall–Kier alpha value is -2.02. The van der Waals surface area contributed by atoms with Crippen LogP contribution < -0.4 is 11.1 Å². The minimum absolute atomic E-state index is 0.320. The topological polar surface area (TPSA) is 89.9 Å². The van der Waals surface area contributed by atoms with Crippen LogP contribution in [0.15, 0.2) is 29.2 Å². The van der Waals surface area contributed by atoms with Crippen LogP contribution in [0.3, 0.4) is 0 Å². The molecular weight excluding hydrogens is 238 g/mol. The lowest BCUT2D eigenvalue weighted by molar-refractivity contribution is 0.410. The Morgan fingerprint density at radius 3 is 3.06 bits per heavy atom. The summed E-state index contributed by atoms with van der Waals surface area (Å²) in [6, 6.07) is 3.62. The second-order valence-corrected chi connectivity index (χ2v) is 3.73. The molecule has 0 aliphatic heterocycles. The van der Waals surface area contributed by atoms with Gasteiger partial charge in [-0.2, -0.15) is 4.98 Å². The van der Waals surface area contributed by atoms with Gasteiger partial charge in [0.2, 0.25) is 6.39 Å². The normalized spacial score (nSPS) is 10.1. The first-order valence-electron chi connectivity index (χ1n) is 5.01. The molecule has 7 heteroatoms. The van der Waals surface area contributed by atoms with E-state index in [4.69, 9.17) is 18.0 Å². The first-order valence-corrected chi connectivity index (χ1v) is 5.42. The zero-order valence-electron chi connectivity index (χ0n) is 8.96. The number of rotatable bonds is 5. The molecule has 0 fully saturated rings. The lowest BCUT2D eigenvalue weighted by atomic mass is 10.2. The summed E-state index contributed by atoms with van der Waals surface area (Å²) in [6.07, 6.45) is 3.62. The minimum Gasteiger partial charge on any atom is -0.389 e. The summed E-state index contributed by atoms with van der Waals surface area (Å²) in [7, 11) is 0. The molecule has 88 valence electrons. The molecule has 0 saturated heterocycles. The van der Waals surface area contributed by atoms with Crippen LogP contribution in [0, 0.1) is 0 Å². The SMILES string of the molecule is NC(=S)c1cccnc1NCCc1ncon1. The largest absolute Gasteiger partial charge is 0.389 e. The molecule has 2 rings (SSSR count). The van der Waals surface area contributed by atoms with Gasteiger partial charge < -0.3 is 15.6 Å². The Balaban J connectivity index is 1.97. The standard InChI is InChI=1S/C10H11N5OS/c11-9(17)7-2-1-4-12-10(7)13-5-3-8-14-6-16-15-8/h1-2,4,6H,3,5H2,(H2,11,17)(H,12,13). The molecule has 0 atom stereocenters. The fraction of sp³-hybridized carbons (Fsp3) is 0.200. The summed E-state index contributed by atoms with van der Waals surface area (Å²) < 4.78 is 4.63. The Kier molecular flexibility index (Phi) is 3.61. The van der Waals surface area contributed by atoms with Crippen LogP contribution in [0.2, 0.25) is 0 Å². The summed E-state index contributed by atoms with van der Waals surface area (Å²) in [5, 5.41) is 6.84. The third-order valence-corrected chi connectivity index (χ3v) is 2.34. The molecule has 17 heavy (non-hydrogen) atoms. The van der Waals surface area contributed by atoms with Gasteiger partial charge in [-0.3, -0.25) is 0 Å². The van der Waals surface area contributed by atoms with Crippen molar-refractivity contribution in [3.05, 3.63) is 36.1 Å². The van der Waals surface area contributed by atoms with Crippen molar-refractivity contribution in [1.29, 1.82) is 0 Å². The van der Waals surface area contributed by atoms with Crippen molar-refractivity contribution < 1.29 is 4.52 Å². The van der Waals surface area contributed by atoms with E-state index in [-0.39, 0.29) is 0 Å². The summed E-state index contributed by atoms with van der Waals surface area (Å²) in [5.41, 5.74) is 6.32. The van der Waals surface area contributed by atoms with E-state index in [1.54, 1.807) is 12.3 Å². The minimum atomic E-state index is 0.320. The maximum atomic E-state index is 5.59. The highest BCUT2D eigenvalue weighted by Gasteiger charge is 2.05. The third-order valence-electron chi connectivity index (χ3n) is 2.12. The molecule has 0 aliphatic rings. The predicted octanol–water partition coefficient (Wildman–Crippen LogP) is 0.753. The van der Waals surface area contributed by atoms with Crippen molar-refractivity contribution in [1.82, 2.24) is 15.1 Å². The van der Waals surface area contributed by atoms with E-state index in [0.717, 1.165) is 5.56 Å². The zero-order chi connectivity index (χ0) is 12.1. The average Bonchev–Trinajstić information content (AvgIpc) is 2.82. The summed E-state index contributed by atoms with van der Waals surface area (Å²) >= 11 is 4.94. The number of anilines is 1. The van der Waals surface area contributed by atoms with Crippen LogP contribution in [0.25, 0.3) is 0 Å². The van der Waals surface area contributed by atoms with Crippen molar-refractivity contribution in [2.45, 2.75) is 6.42 Å². The molecule has 0 bridgehead atoms. The van der Waals surface area contributed by atoms with Crippen LogP contribution in [0.1, 0.15) is 11.4 Å². The molecule has 0 radical (unpaired) electrons. The summed E-state index contributed by atoms with van der Waals surface area (Å²) in [4.78, 5) is 8.41. The number of hydrogen-bond acceptors (Lipinski definition) is 6. The van der Waals surface area contributed by atoms with E-state index in [0.29, 0.717) is 29.6 Å². The average molecular weight is 249 g/mol. The van der Waals surface area contributed by atoms with Crippen molar-refractivity contribution in [2.75, 3.05) is 11.9 Å². The van der Waals surface area contributed by atoms with Gasteiger partial charge in [-0.15, -0.1) is 0 Å². The Labute approximate surface area is 103 Å². The van der Waals surface area contributed by atoms with E-state index < -0.39 is 0 Å². The quantitative estimate of drug-likeness (QED) is 0.756. The molecule has 2 heterocycles. The number of hydrogen-bond donors (Lipinski definition) is 2. The molecule has 3 N–H and O–H groups in total. The zero-order valence-corrected chi connectivity index (χ0v) is 9.78. The van der Waals surface area contributed by atoms with Crippen LogP contribution >= 0.6 is 12.2 Å². The number of thiocarbonyl (C=S) groups is 1. The van der Waals surface area contributed by atoms with E-state index >= 15 is 0 Å². The molecule has 6 nitrogen and oxygen atoms in total. The molecule has 0 saturated carbocycles. The fourth-order valence-corrected chi connectivity index (χ4v) is 1.51. The van der Waals surface area contributed by atoms with Gasteiger partial charge in [-0.05, 0) is 12.1 Å². The lowest BCUT2D eigenvalue weighted by Gasteiger charge is -2.08. The highest BCUT2D eigenvalue weighted by Crippen LogP contribution is 2.10. The maximum Gasteiger partial charge on any atom is 0.213 e. The smallest absolute Gasteiger partial charge is 0.213 e. The number of aromatic nitrogens is 3. The molecule has 2 aromatic rings. The second kappa shape index (κ2) is 5.35. The molecule has 0 aromatic carbocycles. The van der Waals surface area contributed by atoms with Crippen LogP contribution in [0.5, 0.6) is 0 Å². The van der Waals surface area contributed by atoms with Crippen molar-refractivity contribution in [3.8, 4) is 0 Å². The van der Waals surface area contributed by atoms with E-state index in [9.17, 15) is 0 Å². The van der Waals surface area contributed by atoms with Crippen molar-refractivity contribution in [3.63, 3.8) is 0 Å². The first kappa shape index (κ1) is 11.5. The van der Waals surface area contributed by atoms with E-state index in [1.165, 1.54) is 6.39 Å². The first-order chi connectivity index (χ1) is 8.27. The van der Waals surface area contributed by atoms with Crippen LogP contribution in [0.4, 0.5) is 5.82 Å². The Morgan fingerprint density at radius 2 is 2.35 bits per heavy atom. The number of nitrogens with one attached hydrogen (secondary N) is 1. The third kappa shape index (κ3) is 2.97. The van der Waals surface area contributed by atoms with Crippen molar-refractivity contribution >= 4 is 23.0 Å². The monoisotopic (exact) mass is 249 g/mol. The van der Waals surface area contributed by atoms with Crippen LogP contribution in [-0.2, 0) is 6.42 Å². The number of nitrogens with two attached hydrogens (primary N) is 1. The van der Waals surface area contributed by atoms with Gasteiger partial charge in [-0.25, -0.2) is 4.98 Å².